The number of nitrogens with zero attached hydrogens (tertiary/aromatic N) is 4. The fourth-order valence-corrected chi connectivity index (χ4v) is 4.10. The molecule has 1 aliphatic heterocycles. The number of benzene rings is 1. The van der Waals surface area contributed by atoms with Crippen LogP contribution in [0.15, 0.2) is 54.7 Å². The highest BCUT2D eigenvalue weighted by molar-refractivity contribution is 5.84. The summed E-state index contributed by atoms with van der Waals surface area (Å²) in [4.78, 5) is 4.92. The van der Waals surface area contributed by atoms with Crippen molar-refractivity contribution < 1.29 is 4.39 Å². The Balaban J connectivity index is 1.56. The van der Waals surface area contributed by atoms with Gasteiger partial charge in [-0.2, -0.15) is 0 Å². The number of hydrogen-bond acceptors (Lipinski definition) is 4. The Hall–Kier alpha value is -2.86. The smallest absolute Gasteiger partial charge is 0.187 e. The lowest BCUT2D eigenvalue weighted by atomic mass is 9.90. The van der Waals surface area contributed by atoms with Gasteiger partial charge in [-0.3, -0.25) is 4.40 Å². The van der Waals surface area contributed by atoms with Crippen LogP contribution >= 0.6 is 0 Å². The third-order valence-corrected chi connectivity index (χ3v) is 5.63. The first-order chi connectivity index (χ1) is 13.8. The van der Waals surface area contributed by atoms with E-state index in [9.17, 15) is 4.39 Å². The molecule has 1 aliphatic rings. The Bertz CT molecular complexity index is 1120. The van der Waals surface area contributed by atoms with Crippen LogP contribution in [0.2, 0.25) is 0 Å². The van der Waals surface area contributed by atoms with Gasteiger partial charge in [0, 0.05) is 11.6 Å². The molecular formula is C22H22FN5. The molecule has 1 N–H and O–H groups in total. The number of para-hydroxylation sites is 1. The minimum atomic E-state index is -0.770. The molecule has 4 aromatic rings. The highest BCUT2D eigenvalue weighted by Crippen LogP contribution is 2.28. The van der Waals surface area contributed by atoms with Gasteiger partial charge in [0.05, 0.1) is 5.52 Å². The van der Waals surface area contributed by atoms with Crippen LogP contribution in [0.5, 0.6) is 0 Å². The summed E-state index contributed by atoms with van der Waals surface area (Å²) in [7, 11) is 0. The van der Waals surface area contributed by atoms with Crippen LogP contribution in [0.4, 0.5) is 4.39 Å². The second-order valence-corrected chi connectivity index (χ2v) is 7.45. The maximum absolute atomic E-state index is 14.6. The molecular weight excluding hydrogens is 353 g/mol. The lowest BCUT2D eigenvalue weighted by Crippen LogP contribution is -2.18. The third-order valence-electron chi connectivity index (χ3n) is 5.63. The molecule has 1 aromatic carbocycles. The van der Waals surface area contributed by atoms with E-state index in [1.807, 2.05) is 40.9 Å². The van der Waals surface area contributed by atoms with E-state index in [0.29, 0.717) is 18.7 Å². The summed E-state index contributed by atoms with van der Waals surface area (Å²) in [5, 5.41) is 12.9. The number of hydrogen-bond donors (Lipinski definition) is 1. The second kappa shape index (κ2) is 7.28. The van der Waals surface area contributed by atoms with Gasteiger partial charge >= 0.3 is 0 Å². The van der Waals surface area contributed by atoms with Gasteiger partial charge in [0.15, 0.2) is 11.5 Å². The largest absolute Gasteiger partial charge is 0.317 e. The van der Waals surface area contributed by atoms with Crippen LogP contribution in [-0.4, -0.2) is 38.8 Å². The van der Waals surface area contributed by atoms with Gasteiger partial charge in [0.1, 0.15) is 11.9 Å². The first-order valence-corrected chi connectivity index (χ1v) is 9.83. The summed E-state index contributed by atoms with van der Waals surface area (Å²) in [6, 6.07) is 16.0. The van der Waals surface area contributed by atoms with E-state index in [4.69, 9.17) is 4.98 Å². The van der Waals surface area contributed by atoms with Crippen LogP contribution in [0.1, 0.15) is 18.4 Å². The zero-order chi connectivity index (χ0) is 18.9. The van der Waals surface area contributed by atoms with Crippen molar-refractivity contribution in [1.29, 1.82) is 0 Å². The molecule has 28 heavy (non-hydrogen) atoms. The van der Waals surface area contributed by atoms with Crippen molar-refractivity contribution in [3.63, 3.8) is 0 Å². The molecule has 5 rings (SSSR count). The summed E-state index contributed by atoms with van der Waals surface area (Å²) >= 11 is 0. The molecule has 4 heterocycles. The molecule has 2 unspecified atom stereocenters. The van der Waals surface area contributed by atoms with Crippen molar-refractivity contribution in [2.45, 2.75) is 25.4 Å². The van der Waals surface area contributed by atoms with Gasteiger partial charge in [0.2, 0.25) is 0 Å². The molecule has 0 amide bonds. The summed E-state index contributed by atoms with van der Waals surface area (Å²) in [5.74, 6) is 0.745. The lowest BCUT2D eigenvalue weighted by molar-refractivity contribution is 0.219. The zero-order valence-electron chi connectivity index (χ0n) is 15.6. The molecule has 0 bridgehead atoms. The first-order valence-electron chi connectivity index (χ1n) is 9.83. The maximum Gasteiger partial charge on any atom is 0.187 e. The monoisotopic (exact) mass is 375 g/mol. The van der Waals surface area contributed by atoms with E-state index < -0.39 is 6.17 Å². The minimum Gasteiger partial charge on any atom is -0.317 e. The fourth-order valence-electron chi connectivity index (χ4n) is 4.10. The second-order valence-electron chi connectivity index (χ2n) is 7.45. The van der Waals surface area contributed by atoms with Gasteiger partial charge in [-0.1, -0.05) is 30.3 Å². The van der Waals surface area contributed by atoms with Crippen molar-refractivity contribution in [3.05, 3.63) is 60.3 Å². The van der Waals surface area contributed by atoms with E-state index >= 15 is 0 Å². The van der Waals surface area contributed by atoms with Crippen LogP contribution in [-0.2, 0) is 6.42 Å². The van der Waals surface area contributed by atoms with E-state index in [0.717, 1.165) is 47.3 Å². The first kappa shape index (κ1) is 17.3. The van der Waals surface area contributed by atoms with Crippen molar-refractivity contribution in [2.75, 3.05) is 13.1 Å². The number of pyridine rings is 2. The fraction of sp³-hybridized carbons (Fsp3) is 0.318. The molecule has 6 heteroatoms. The standard InChI is InChI=1S/C22H22FN5/c23-18-10-12-24-11-9-16(18)14-17-5-3-4-15-7-8-19(25-21(15)17)22-27-26-20-6-1-2-13-28(20)22/h1-8,13,16,18,24H,9-12,14H2. The van der Waals surface area contributed by atoms with Crippen LogP contribution in [0.25, 0.3) is 28.1 Å². The summed E-state index contributed by atoms with van der Waals surface area (Å²) in [6.07, 6.45) is 3.31. The van der Waals surface area contributed by atoms with Crippen molar-refractivity contribution in [2.24, 2.45) is 5.92 Å². The molecule has 3 aromatic heterocycles. The van der Waals surface area contributed by atoms with Crippen LogP contribution in [0.3, 0.4) is 0 Å². The van der Waals surface area contributed by atoms with Gasteiger partial charge < -0.3 is 5.32 Å². The molecule has 0 spiro atoms. The Morgan fingerprint density at radius 3 is 2.89 bits per heavy atom. The predicted octanol–water partition coefficient (Wildman–Crippen LogP) is 3.82. The van der Waals surface area contributed by atoms with Gasteiger partial charge in [-0.15, -0.1) is 10.2 Å². The molecule has 0 saturated carbocycles. The Morgan fingerprint density at radius 1 is 1.00 bits per heavy atom. The van der Waals surface area contributed by atoms with Gasteiger partial charge in [-0.05, 0) is 62.0 Å². The number of rotatable bonds is 3. The van der Waals surface area contributed by atoms with Crippen molar-refractivity contribution in [1.82, 2.24) is 24.9 Å². The molecule has 0 aliphatic carbocycles. The molecule has 1 saturated heterocycles. The van der Waals surface area contributed by atoms with Crippen LogP contribution in [0, 0.1) is 5.92 Å². The quantitative estimate of drug-likeness (QED) is 0.591. The van der Waals surface area contributed by atoms with E-state index in [1.165, 1.54) is 0 Å². The summed E-state index contributed by atoms with van der Waals surface area (Å²) in [5.41, 5.74) is 3.59. The molecule has 5 nitrogen and oxygen atoms in total. The number of aromatic nitrogens is 4. The zero-order valence-corrected chi connectivity index (χ0v) is 15.6. The normalized spacial score (nSPS) is 20.5. The average Bonchev–Trinajstić information content (AvgIpc) is 3.06. The van der Waals surface area contributed by atoms with Crippen molar-refractivity contribution in [3.8, 4) is 11.5 Å². The maximum atomic E-state index is 14.6. The van der Waals surface area contributed by atoms with Crippen molar-refractivity contribution >= 4 is 16.6 Å². The minimum absolute atomic E-state index is 0.0278. The average molecular weight is 375 g/mol. The lowest BCUT2D eigenvalue weighted by Gasteiger charge is -2.19. The highest BCUT2D eigenvalue weighted by Gasteiger charge is 2.24. The SMILES string of the molecule is FC1CCNCCC1Cc1cccc2ccc(-c3nnc4ccccn34)nc12. The summed E-state index contributed by atoms with van der Waals surface area (Å²) < 4.78 is 16.5. The third kappa shape index (κ3) is 3.14. The highest BCUT2D eigenvalue weighted by atomic mass is 19.1. The number of halogens is 1. The Labute approximate surface area is 162 Å². The topological polar surface area (TPSA) is 55.1 Å². The van der Waals surface area contributed by atoms with Gasteiger partial charge in [-0.25, -0.2) is 9.37 Å². The predicted molar refractivity (Wildman–Crippen MR) is 108 cm³/mol. The summed E-state index contributed by atoms with van der Waals surface area (Å²) in [6.45, 7) is 1.63. The Kier molecular flexibility index (Phi) is 4.49. The molecule has 142 valence electrons. The molecule has 1 fully saturated rings. The van der Waals surface area contributed by atoms with Crippen LogP contribution < -0.4 is 5.32 Å². The number of fused-ring (bicyclic) bond motifs is 2. The van der Waals surface area contributed by atoms with E-state index in [-0.39, 0.29) is 5.92 Å². The molecule has 2 atom stereocenters. The van der Waals surface area contributed by atoms with Gasteiger partial charge in [0.25, 0.3) is 0 Å². The van der Waals surface area contributed by atoms with E-state index in [1.54, 1.807) is 0 Å². The molecule has 0 radical (unpaired) electrons. The van der Waals surface area contributed by atoms with E-state index in [2.05, 4.69) is 33.7 Å². The Morgan fingerprint density at radius 2 is 1.93 bits per heavy atom. The number of nitrogens with one attached hydrogen (secondary N) is 1. The number of alkyl halides is 1.